The van der Waals surface area contributed by atoms with Gasteiger partial charge < -0.3 is 10.1 Å². The largest absolute Gasteiger partial charge is 0.497 e. The van der Waals surface area contributed by atoms with Gasteiger partial charge in [-0.2, -0.15) is 0 Å². The Labute approximate surface area is 141 Å². The number of amides is 1. The number of ether oxygens (including phenoxy) is 1. The number of benzene rings is 2. The molecule has 0 spiro atoms. The number of hydrogen-bond donors (Lipinski definition) is 1. The maximum absolute atomic E-state index is 13.6. The van der Waals surface area contributed by atoms with E-state index >= 15 is 0 Å². The Balaban J connectivity index is 1.97. The van der Waals surface area contributed by atoms with Crippen molar-refractivity contribution in [2.75, 3.05) is 25.5 Å². The number of carbonyl (C=O) groups is 1. The van der Waals surface area contributed by atoms with Crippen molar-refractivity contribution in [1.82, 2.24) is 4.90 Å². The molecular weight excluding hydrogens is 307 g/mol. The Morgan fingerprint density at radius 2 is 1.96 bits per heavy atom. The maximum Gasteiger partial charge on any atom is 0.238 e. The molecule has 0 aromatic heterocycles. The molecule has 2 aromatic carbocycles. The molecule has 0 saturated carbocycles. The average molecular weight is 328 g/mol. The van der Waals surface area contributed by atoms with E-state index in [2.05, 4.69) is 11.9 Å². The van der Waals surface area contributed by atoms with Crippen LogP contribution >= 0.6 is 0 Å². The van der Waals surface area contributed by atoms with Crippen LogP contribution in [0.5, 0.6) is 5.75 Å². The van der Waals surface area contributed by atoms with Crippen LogP contribution in [0.3, 0.4) is 0 Å². The van der Waals surface area contributed by atoms with Gasteiger partial charge >= 0.3 is 0 Å². The maximum atomic E-state index is 13.6. The van der Waals surface area contributed by atoms with Gasteiger partial charge in [0.1, 0.15) is 11.6 Å². The van der Waals surface area contributed by atoms with Gasteiger partial charge in [-0.1, -0.05) is 30.3 Å². The first-order valence-corrected chi connectivity index (χ1v) is 7.63. The Morgan fingerprint density at radius 3 is 2.58 bits per heavy atom. The van der Waals surface area contributed by atoms with Crippen molar-refractivity contribution in [2.45, 2.75) is 6.54 Å². The Bertz CT molecular complexity index is 686. The van der Waals surface area contributed by atoms with E-state index in [1.165, 1.54) is 12.1 Å². The van der Waals surface area contributed by atoms with Crippen LogP contribution in [-0.4, -0.2) is 31.0 Å². The molecule has 126 valence electrons. The molecule has 1 N–H and O–H groups in total. The van der Waals surface area contributed by atoms with Gasteiger partial charge in [0.15, 0.2) is 0 Å². The zero-order chi connectivity index (χ0) is 17.4. The van der Waals surface area contributed by atoms with Crippen LogP contribution in [0.25, 0.3) is 0 Å². The van der Waals surface area contributed by atoms with Crippen LogP contribution in [-0.2, 0) is 11.3 Å². The van der Waals surface area contributed by atoms with Crippen LogP contribution in [0.4, 0.5) is 10.1 Å². The smallest absolute Gasteiger partial charge is 0.238 e. The predicted octanol–water partition coefficient (Wildman–Crippen LogP) is 3.46. The molecule has 2 rings (SSSR count). The molecule has 0 radical (unpaired) electrons. The second-order valence-corrected chi connectivity index (χ2v) is 5.33. The molecule has 0 bridgehead atoms. The Hall–Kier alpha value is -2.66. The number of anilines is 1. The molecule has 24 heavy (non-hydrogen) atoms. The number of carbonyl (C=O) groups excluding carboxylic acids is 1. The van der Waals surface area contributed by atoms with E-state index in [1.54, 1.807) is 25.3 Å². The number of nitrogens with zero attached hydrogens (tertiary/aromatic N) is 1. The van der Waals surface area contributed by atoms with E-state index in [1.807, 2.05) is 29.2 Å². The molecule has 0 fully saturated rings. The summed E-state index contributed by atoms with van der Waals surface area (Å²) in [5.74, 6) is 0.0676. The zero-order valence-corrected chi connectivity index (χ0v) is 13.7. The number of para-hydroxylation sites is 1. The summed E-state index contributed by atoms with van der Waals surface area (Å²) in [5, 5.41) is 2.59. The summed E-state index contributed by atoms with van der Waals surface area (Å²) >= 11 is 0. The van der Waals surface area contributed by atoms with Crippen LogP contribution < -0.4 is 10.1 Å². The van der Waals surface area contributed by atoms with Crippen molar-refractivity contribution in [3.05, 3.63) is 72.6 Å². The quantitative estimate of drug-likeness (QED) is 0.755. The molecule has 0 heterocycles. The fourth-order valence-electron chi connectivity index (χ4n) is 2.31. The molecular formula is C19H21FN2O2. The van der Waals surface area contributed by atoms with Crippen molar-refractivity contribution in [2.24, 2.45) is 0 Å². The van der Waals surface area contributed by atoms with Gasteiger partial charge in [-0.15, -0.1) is 6.58 Å². The van der Waals surface area contributed by atoms with E-state index < -0.39 is 5.82 Å². The average Bonchev–Trinajstić information content (AvgIpc) is 2.58. The fourth-order valence-corrected chi connectivity index (χ4v) is 2.31. The third-order valence-electron chi connectivity index (χ3n) is 3.47. The van der Waals surface area contributed by atoms with E-state index in [-0.39, 0.29) is 18.1 Å². The molecule has 1 amide bonds. The van der Waals surface area contributed by atoms with Gasteiger partial charge in [0.2, 0.25) is 5.91 Å². The molecule has 0 aliphatic heterocycles. The van der Waals surface area contributed by atoms with Crippen molar-refractivity contribution in [3.8, 4) is 5.75 Å². The van der Waals surface area contributed by atoms with Crippen molar-refractivity contribution in [3.63, 3.8) is 0 Å². The first-order valence-electron chi connectivity index (χ1n) is 7.63. The van der Waals surface area contributed by atoms with Gasteiger partial charge in [-0.3, -0.25) is 9.69 Å². The van der Waals surface area contributed by atoms with Gasteiger partial charge in [-0.05, 0) is 29.8 Å². The van der Waals surface area contributed by atoms with Crippen molar-refractivity contribution in [1.29, 1.82) is 0 Å². The Kier molecular flexibility index (Phi) is 6.51. The SMILES string of the molecule is C=CCN(CC(=O)Nc1ccccc1F)Cc1ccc(OC)cc1. The fraction of sp³-hybridized carbons (Fsp3) is 0.211. The second kappa shape index (κ2) is 8.84. The highest BCUT2D eigenvalue weighted by Gasteiger charge is 2.12. The molecule has 0 atom stereocenters. The summed E-state index contributed by atoms with van der Waals surface area (Å²) < 4.78 is 18.7. The van der Waals surface area contributed by atoms with Crippen molar-refractivity contribution < 1.29 is 13.9 Å². The molecule has 0 saturated heterocycles. The zero-order valence-electron chi connectivity index (χ0n) is 13.7. The van der Waals surface area contributed by atoms with Crippen LogP contribution in [0.1, 0.15) is 5.56 Å². The highest BCUT2D eigenvalue weighted by Crippen LogP contribution is 2.14. The van der Waals surface area contributed by atoms with Crippen LogP contribution in [0.15, 0.2) is 61.2 Å². The lowest BCUT2D eigenvalue weighted by molar-refractivity contribution is -0.117. The number of hydrogen-bond acceptors (Lipinski definition) is 3. The van der Waals surface area contributed by atoms with Crippen LogP contribution in [0.2, 0.25) is 0 Å². The number of methoxy groups -OCH3 is 1. The lowest BCUT2D eigenvalue weighted by Crippen LogP contribution is -2.33. The number of rotatable bonds is 8. The molecule has 0 aliphatic carbocycles. The van der Waals surface area contributed by atoms with E-state index in [0.29, 0.717) is 13.1 Å². The summed E-state index contributed by atoms with van der Waals surface area (Å²) in [5.41, 5.74) is 1.24. The minimum atomic E-state index is -0.448. The monoisotopic (exact) mass is 328 g/mol. The minimum absolute atomic E-state index is 0.145. The third-order valence-corrected chi connectivity index (χ3v) is 3.47. The molecule has 0 aliphatic rings. The summed E-state index contributed by atoms with van der Waals surface area (Å²) in [6.45, 7) is 5.00. The Morgan fingerprint density at radius 1 is 1.25 bits per heavy atom. The first-order chi connectivity index (χ1) is 11.6. The second-order valence-electron chi connectivity index (χ2n) is 5.33. The van der Waals surface area contributed by atoms with Gasteiger partial charge in [-0.25, -0.2) is 4.39 Å². The molecule has 2 aromatic rings. The topological polar surface area (TPSA) is 41.6 Å². The van der Waals surface area contributed by atoms with Crippen molar-refractivity contribution >= 4 is 11.6 Å². The third kappa shape index (κ3) is 5.21. The van der Waals surface area contributed by atoms with Crippen LogP contribution in [0, 0.1) is 5.82 Å². The molecule has 0 unspecified atom stereocenters. The molecule has 4 nitrogen and oxygen atoms in total. The highest BCUT2D eigenvalue weighted by atomic mass is 19.1. The molecule has 5 heteroatoms. The summed E-state index contributed by atoms with van der Waals surface area (Å²) in [4.78, 5) is 14.1. The number of halogens is 1. The van der Waals surface area contributed by atoms with E-state index in [0.717, 1.165) is 11.3 Å². The summed E-state index contributed by atoms with van der Waals surface area (Å²) in [6, 6.07) is 13.8. The lowest BCUT2D eigenvalue weighted by Gasteiger charge is -2.20. The predicted molar refractivity (Wildman–Crippen MR) is 93.5 cm³/mol. The first kappa shape index (κ1) is 17.7. The standard InChI is InChI=1S/C19H21FN2O2/c1-3-12-22(13-15-8-10-16(24-2)11-9-15)14-19(23)21-18-7-5-4-6-17(18)20/h3-11H,1,12-14H2,2H3,(H,21,23). The van der Waals surface area contributed by atoms with Gasteiger partial charge in [0.25, 0.3) is 0 Å². The summed E-state index contributed by atoms with van der Waals surface area (Å²) in [7, 11) is 1.62. The highest BCUT2D eigenvalue weighted by molar-refractivity contribution is 5.92. The summed E-state index contributed by atoms with van der Waals surface area (Å²) in [6.07, 6.45) is 1.74. The van der Waals surface area contributed by atoms with E-state index in [9.17, 15) is 9.18 Å². The van der Waals surface area contributed by atoms with E-state index in [4.69, 9.17) is 4.74 Å². The normalized spacial score (nSPS) is 10.5. The van der Waals surface area contributed by atoms with Gasteiger partial charge in [0, 0.05) is 13.1 Å². The van der Waals surface area contributed by atoms with Gasteiger partial charge in [0.05, 0.1) is 19.3 Å². The number of nitrogens with one attached hydrogen (secondary N) is 1. The lowest BCUT2D eigenvalue weighted by atomic mass is 10.2. The minimum Gasteiger partial charge on any atom is -0.497 e.